The zero-order valence-electron chi connectivity index (χ0n) is 8.67. The van der Waals surface area contributed by atoms with E-state index in [4.69, 9.17) is 15.2 Å². The minimum atomic E-state index is -0.541. The second kappa shape index (κ2) is 2.69. The molecular weight excluding hydrogens is 166 g/mol. The average molecular weight is 185 g/mol. The SMILES string of the molecule is CCC1COC2(C)C(C)COC12N. The molecule has 0 bridgehead atoms. The molecule has 0 radical (unpaired) electrons. The van der Waals surface area contributed by atoms with Gasteiger partial charge in [0.2, 0.25) is 0 Å². The highest BCUT2D eigenvalue weighted by Gasteiger charge is 2.63. The van der Waals surface area contributed by atoms with Gasteiger partial charge in [0.25, 0.3) is 0 Å². The topological polar surface area (TPSA) is 44.5 Å². The van der Waals surface area contributed by atoms with E-state index < -0.39 is 5.72 Å². The molecule has 0 spiro atoms. The van der Waals surface area contributed by atoms with E-state index in [1.165, 1.54) is 0 Å². The fraction of sp³-hybridized carbons (Fsp3) is 1.00. The van der Waals surface area contributed by atoms with Gasteiger partial charge in [0.1, 0.15) is 5.60 Å². The summed E-state index contributed by atoms with van der Waals surface area (Å²) in [6, 6.07) is 0. The van der Waals surface area contributed by atoms with Crippen LogP contribution >= 0.6 is 0 Å². The molecule has 0 aromatic carbocycles. The van der Waals surface area contributed by atoms with E-state index in [9.17, 15) is 0 Å². The maximum absolute atomic E-state index is 6.30. The van der Waals surface area contributed by atoms with Crippen molar-refractivity contribution in [3.05, 3.63) is 0 Å². The fourth-order valence-corrected chi connectivity index (χ4v) is 2.55. The molecule has 13 heavy (non-hydrogen) atoms. The van der Waals surface area contributed by atoms with Crippen molar-refractivity contribution in [3.8, 4) is 0 Å². The number of rotatable bonds is 1. The first-order valence-corrected chi connectivity index (χ1v) is 5.11. The van der Waals surface area contributed by atoms with Crippen molar-refractivity contribution in [2.45, 2.75) is 38.5 Å². The standard InChI is InChI=1S/C10H19NO2/c1-4-8-6-12-9(3)7(2)5-13-10(8,9)11/h7-8H,4-6,11H2,1-3H3. The molecule has 3 nitrogen and oxygen atoms in total. The molecule has 4 atom stereocenters. The Labute approximate surface area is 79.6 Å². The van der Waals surface area contributed by atoms with Crippen LogP contribution in [-0.2, 0) is 9.47 Å². The van der Waals surface area contributed by atoms with E-state index in [1.807, 2.05) is 0 Å². The molecule has 4 unspecified atom stereocenters. The summed E-state index contributed by atoms with van der Waals surface area (Å²) in [5.41, 5.74) is 5.49. The highest BCUT2D eigenvalue weighted by molar-refractivity contribution is 5.10. The van der Waals surface area contributed by atoms with Gasteiger partial charge in [-0.3, -0.25) is 0 Å². The summed E-state index contributed by atoms with van der Waals surface area (Å²) in [6.45, 7) is 7.84. The Bertz CT molecular complexity index is 221. The van der Waals surface area contributed by atoms with Crippen LogP contribution in [0.25, 0.3) is 0 Å². The fourth-order valence-electron chi connectivity index (χ4n) is 2.55. The Balaban J connectivity index is 2.32. The molecule has 2 heterocycles. The van der Waals surface area contributed by atoms with Crippen LogP contribution in [0.3, 0.4) is 0 Å². The largest absolute Gasteiger partial charge is 0.370 e. The molecular formula is C10H19NO2. The molecule has 2 saturated heterocycles. The predicted octanol–water partition coefficient (Wildman–Crippen LogP) is 1.12. The quantitative estimate of drug-likeness (QED) is 0.666. The van der Waals surface area contributed by atoms with E-state index in [-0.39, 0.29) is 5.60 Å². The van der Waals surface area contributed by atoms with Crippen LogP contribution in [0.5, 0.6) is 0 Å². The number of fused-ring (bicyclic) bond motifs is 1. The molecule has 0 amide bonds. The molecule has 2 aliphatic rings. The van der Waals surface area contributed by atoms with E-state index >= 15 is 0 Å². The van der Waals surface area contributed by atoms with Crippen LogP contribution in [0.4, 0.5) is 0 Å². The van der Waals surface area contributed by atoms with Gasteiger partial charge in [-0.2, -0.15) is 0 Å². The lowest BCUT2D eigenvalue weighted by Gasteiger charge is -2.36. The third-order valence-corrected chi connectivity index (χ3v) is 3.97. The minimum absolute atomic E-state index is 0.270. The molecule has 3 heteroatoms. The van der Waals surface area contributed by atoms with Crippen LogP contribution in [-0.4, -0.2) is 24.5 Å². The molecule has 0 aliphatic carbocycles. The van der Waals surface area contributed by atoms with Crippen LogP contribution < -0.4 is 5.73 Å². The third-order valence-electron chi connectivity index (χ3n) is 3.97. The number of ether oxygens (including phenoxy) is 2. The summed E-state index contributed by atoms with van der Waals surface area (Å²) in [5.74, 6) is 0.747. The third kappa shape index (κ3) is 0.953. The van der Waals surface area contributed by atoms with Crippen molar-refractivity contribution in [2.24, 2.45) is 17.6 Å². The number of hydrogen-bond donors (Lipinski definition) is 1. The van der Waals surface area contributed by atoms with Crippen LogP contribution in [0.1, 0.15) is 27.2 Å². The van der Waals surface area contributed by atoms with Crippen LogP contribution in [0.15, 0.2) is 0 Å². The van der Waals surface area contributed by atoms with Gasteiger partial charge in [0.05, 0.1) is 13.2 Å². The molecule has 2 aliphatic heterocycles. The summed E-state index contributed by atoms with van der Waals surface area (Å²) in [4.78, 5) is 0. The highest BCUT2D eigenvalue weighted by Crippen LogP contribution is 2.49. The Morgan fingerprint density at radius 2 is 2.08 bits per heavy atom. The van der Waals surface area contributed by atoms with Crippen molar-refractivity contribution in [1.29, 1.82) is 0 Å². The summed E-state index contributed by atoms with van der Waals surface area (Å²) in [5, 5.41) is 0. The summed E-state index contributed by atoms with van der Waals surface area (Å²) in [7, 11) is 0. The van der Waals surface area contributed by atoms with Gasteiger partial charge in [-0.25, -0.2) is 0 Å². The van der Waals surface area contributed by atoms with E-state index in [1.54, 1.807) is 0 Å². The van der Waals surface area contributed by atoms with Gasteiger partial charge in [0.15, 0.2) is 5.72 Å². The molecule has 0 aromatic rings. The normalized spacial score (nSPS) is 55.4. The summed E-state index contributed by atoms with van der Waals surface area (Å²) in [6.07, 6.45) is 1.03. The Kier molecular flexibility index (Phi) is 1.95. The van der Waals surface area contributed by atoms with E-state index in [0.29, 0.717) is 11.8 Å². The second-order valence-corrected chi connectivity index (χ2v) is 4.53. The smallest absolute Gasteiger partial charge is 0.151 e. The molecule has 0 aromatic heterocycles. The van der Waals surface area contributed by atoms with Crippen molar-refractivity contribution < 1.29 is 9.47 Å². The molecule has 0 saturated carbocycles. The first-order chi connectivity index (χ1) is 6.04. The van der Waals surface area contributed by atoms with Gasteiger partial charge < -0.3 is 15.2 Å². The lowest BCUT2D eigenvalue weighted by molar-refractivity contribution is -0.0909. The molecule has 2 rings (SSSR count). The average Bonchev–Trinajstić information content (AvgIpc) is 2.48. The van der Waals surface area contributed by atoms with Crippen molar-refractivity contribution in [1.82, 2.24) is 0 Å². The lowest BCUT2D eigenvalue weighted by Crippen LogP contribution is -2.58. The van der Waals surface area contributed by atoms with Crippen molar-refractivity contribution >= 4 is 0 Å². The summed E-state index contributed by atoms with van der Waals surface area (Å²) >= 11 is 0. The van der Waals surface area contributed by atoms with Gasteiger partial charge in [0, 0.05) is 11.8 Å². The lowest BCUT2D eigenvalue weighted by atomic mass is 9.80. The Morgan fingerprint density at radius 1 is 1.38 bits per heavy atom. The molecule has 2 fully saturated rings. The number of hydrogen-bond acceptors (Lipinski definition) is 3. The first kappa shape index (κ1) is 9.44. The minimum Gasteiger partial charge on any atom is -0.370 e. The highest BCUT2D eigenvalue weighted by atomic mass is 16.6. The zero-order valence-corrected chi connectivity index (χ0v) is 8.67. The van der Waals surface area contributed by atoms with Gasteiger partial charge >= 0.3 is 0 Å². The maximum atomic E-state index is 6.30. The monoisotopic (exact) mass is 185 g/mol. The molecule has 2 N–H and O–H groups in total. The summed E-state index contributed by atoms with van der Waals surface area (Å²) < 4.78 is 11.6. The first-order valence-electron chi connectivity index (χ1n) is 5.11. The van der Waals surface area contributed by atoms with Gasteiger partial charge in [-0.05, 0) is 13.3 Å². The van der Waals surface area contributed by atoms with E-state index in [2.05, 4.69) is 20.8 Å². The van der Waals surface area contributed by atoms with Gasteiger partial charge in [-0.15, -0.1) is 0 Å². The Hall–Kier alpha value is -0.120. The van der Waals surface area contributed by atoms with Crippen LogP contribution in [0.2, 0.25) is 0 Å². The Morgan fingerprint density at radius 3 is 2.69 bits per heavy atom. The van der Waals surface area contributed by atoms with Gasteiger partial charge in [-0.1, -0.05) is 13.8 Å². The maximum Gasteiger partial charge on any atom is 0.151 e. The zero-order chi connectivity index (χ0) is 9.69. The predicted molar refractivity (Wildman–Crippen MR) is 50.2 cm³/mol. The second-order valence-electron chi connectivity index (χ2n) is 4.53. The van der Waals surface area contributed by atoms with Crippen LogP contribution in [0, 0.1) is 11.8 Å². The van der Waals surface area contributed by atoms with Crippen molar-refractivity contribution in [2.75, 3.05) is 13.2 Å². The van der Waals surface area contributed by atoms with E-state index in [0.717, 1.165) is 19.6 Å². The molecule has 76 valence electrons. The van der Waals surface area contributed by atoms with Crippen molar-refractivity contribution in [3.63, 3.8) is 0 Å². The number of nitrogens with two attached hydrogens (primary N) is 1.